The van der Waals surface area contributed by atoms with Crippen LogP contribution in [0, 0.1) is 0 Å². The van der Waals surface area contributed by atoms with Crippen molar-refractivity contribution in [3.05, 3.63) is 60.2 Å². The Bertz CT molecular complexity index is 1230. The van der Waals surface area contributed by atoms with E-state index in [1.165, 1.54) is 6.92 Å². The van der Waals surface area contributed by atoms with Crippen LogP contribution < -0.4 is 15.8 Å². The maximum Gasteiger partial charge on any atom is 0.250 e. The molecular formula is C22H18N2O4. The lowest BCUT2D eigenvalue weighted by atomic mass is 9.94. The number of carbonyl (C=O) groups is 2. The third kappa shape index (κ3) is 2.85. The molecule has 0 radical (unpaired) electrons. The molecule has 0 atom stereocenters. The summed E-state index contributed by atoms with van der Waals surface area (Å²) in [5, 5.41) is 3.98. The van der Waals surface area contributed by atoms with Crippen LogP contribution in [0.3, 0.4) is 0 Å². The van der Waals surface area contributed by atoms with Crippen LogP contribution in [0.1, 0.15) is 17.3 Å². The van der Waals surface area contributed by atoms with Crippen molar-refractivity contribution in [3.8, 4) is 16.9 Å². The van der Waals surface area contributed by atoms with Gasteiger partial charge in [-0.1, -0.05) is 30.3 Å². The summed E-state index contributed by atoms with van der Waals surface area (Å²) in [6.07, 6.45) is 0. The molecule has 4 rings (SSSR count). The van der Waals surface area contributed by atoms with Gasteiger partial charge in [-0.05, 0) is 35.4 Å². The Labute approximate surface area is 160 Å². The number of furan rings is 1. The molecule has 3 aromatic carbocycles. The molecule has 0 spiro atoms. The molecule has 3 N–H and O–H groups in total. The lowest BCUT2D eigenvalue weighted by Gasteiger charge is -2.11. The number of rotatable bonds is 4. The Morgan fingerprint density at radius 2 is 1.82 bits per heavy atom. The predicted molar refractivity (Wildman–Crippen MR) is 109 cm³/mol. The SMILES string of the molecule is COc1cc(-c2ccccc2)c(C(N)=O)c2c1oc1ccc(NC(C)=O)cc12. The van der Waals surface area contributed by atoms with Gasteiger partial charge in [0.1, 0.15) is 5.58 Å². The number of nitrogens with two attached hydrogens (primary N) is 1. The highest BCUT2D eigenvalue weighted by molar-refractivity contribution is 6.21. The molecule has 0 fully saturated rings. The Morgan fingerprint density at radius 1 is 1.07 bits per heavy atom. The molecule has 1 aromatic heterocycles. The summed E-state index contributed by atoms with van der Waals surface area (Å²) in [6, 6.07) is 16.5. The lowest BCUT2D eigenvalue weighted by molar-refractivity contribution is -0.114. The first-order chi connectivity index (χ1) is 13.5. The first-order valence-corrected chi connectivity index (χ1v) is 8.69. The van der Waals surface area contributed by atoms with E-state index in [1.807, 2.05) is 30.3 Å². The molecule has 0 saturated heterocycles. The monoisotopic (exact) mass is 374 g/mol. The van der Waals surface area contributed by atoms with Crippen molar-refractivity contribution in [1.82, 2.24) is 0 Å². The van der Waals surface area contributed by atoms with E-state index in [-0.39, 0.29) is 5.91 Å². The minimum absolute atomic E-state index is 0.190. The number of nitrogens with one attached hydrogen (secondary N) is 1. The number of fused-ring (bicyclic) bond motifs is 3. The zero-order valence-electron chi connectivity index (χ0n) is 15.4. The van der Waals surface area contributed by atoms with E-state index >= 15 is 0 Å². The first kappa shape index (κ1) is 17.6. The van der Waals surface area contributed by atoms with Gasteiger partial charge >= 0.3 is 0 Å². The summed E-state index contributed by atoms with van der Waals surface area (Å²) < 4.78 is 11.5. The predicted octanol–water partition coefficient (Wildman–Crippen LogP) is 4.32. The number of anilines is 1. The highest BCUT2D eigenvalue weighted by atomic mass is 16.5. The second-order valence-electron chi connectivity index (χ2n) is 6.43. The highest BCUT2D eigenvalue weighted by Crippen LogP contribution is 2.42. The molecule has 0 aliphatic carbocycles. The average molecular weight is 374 g/mol. The van der Waals surface area contributed by atoms with Gasteiger partial charge in [0, 0.05) is 23.4 Å². The molecule has 0 aliphatic heterocycles. The molecular weight excluding hydrogens is 356 g/mol. The summed E-state index contributed by atoms with van der Waals surface area (Å²) in [5.74, 6) is -0.264. The van der Waals surface area contributed by atoms with Crippen molar-refractivity contribution in [3.63, 3.8) is 0 Å². The molecule has 0 bridgehead atoms. The fourth-order valence-electron chi connectivity index (χ4n) is 3.46. The Kier molecular flexibility index (Phi) is 4.24. The molecule has 140 valence electrons. The van der Waals surface area contributed by atoms with Gasteiger partial charge in [0.25, 0.3) is 0 Å². The number of benzene rings is 3. The maximum atomic E-state index is 12.5. The number of carbonyl (C=O) groups excluding carboxylic acids is 2. The van der Waals surface area contributed by atoms with Crippen LogP contribution >= 0.6 is 0 Å². The first-order valence-electron chi connectivity index (χ1n) is 8.69. The van der Waals surface area contributed by atoms with Crippen LogP contribution in [-0.4, -0.2) is 18.9 Å². The molecule has 6 nitrogen and oxygen atoms in total. The summed E-state index contributed by atoms with van der Waals surface area (Å²) in [6.45, 7) is 1.43. The molecule has 28 heavy (non-hydrogen) atoms. The van der Waals surface area contributed by atoms with Crippen molar-refractivity contribution in [2.24, 2.45) is 5.73 Å². The highest BCUT2D eigenvalue weighted by Gasteiger charge is 2.23. The number of hydrogen-bond acceptors (Lipinski definition) is 4. The lowest BCUT2D eigenvalue weighted by Crippen LogP contribution is -2.13. The normalized spacial score (nSPS) is 10.9. The van der Waals surface area contributed by atoms with E-state index in [9.17, 15) is 9.59 Å². The van der Waals surface area contributed by atoms with Gasteiger partial charge < -0.3 is 20.2 Å². The number of hydrogen-bond donors (Lipinski definition) is 2. The summed E-state index contributed by atoms with van der Waals surface area (Å²) in [7, 11) is 1.55. The summed E-state index contributed by atoms with van der Waals surface area (Å²) in [5.41, 5.74) is 9.23. The van der Waals surface area contributed by atoms with Crippen LogP contribution in [-0.2, 0) is 4.79 Å². The molecule has 0 saturated carbocycles. The van der Waals surface area contributed by atoms with Crippen molar-refractivity contribution in [2.75, 3.05) is 12.4 Å². The van der Waals surface area contributed by atoms with Crippen molar-refractivity contribution in [1.29, 1.82) is 0 Å². The van der Waals surface area contributed by atoms with E-state index in [0.29, 0.717) is 44.5 Å². The van der Waals surface area contributed by atoms with Crippen molar-refractivity contribution in [2.45, 2.75) is 6.92 Å². The van der Waals surface area contributed by atoms with E-state index in [2.05, 4.69) is 5.32 Å². The molecule has 6 heteroatoms. The molecule has 0 unspecified atom stereocenters. The molecule has 2 amide bonds. The van der Waals surface area contributed by atoms with Gasteiger partial charge in [-0.15, -0.1) is 0 Å². The van der Waals surface area contributed by atoms with Crippen molar-refractivity contribution >= 4 is 39.4 Å². The topological polar surface area (TPSA) is 94.6 Å². The van der Waals surface area contributed by atoms with E-state index < -0.39 is 5.91 Å². The zero-order valence-corrected chi connectivity index (χ0v) is 15.4. The smallest absolute Gasteiger partial charge is 0.250 e. The third-order valence-electron chi connectivity index (χ3n) is 4.58. The fraction of sp³-hybridized carbons (Fsp3) is 0.0909. The van der Waals surface area contributed by atoms with Gasteiger partial charge in [0.05, 0.1) is 12.7 Å². The Balaban J connectivity index is 2.14. The number of amides is 2. The largest absolute Gasteiger partial charge is 0.493 e. The van der Waals surface area contributed by atoms with Gasteiger partial charge in [0.2, 0.25) is 11.8 Å². The van der Waals surface area contributed by atoms with Gasteiger partial charge in [-0.25, -0.2) is 0 Å². The Morgan fingerprint density at radius 3 is 2.46 bits per heavy atom. The number of primary amides is 1. The van der Waals surface area contributed by atoms with E-state index in [1.54, 1.807) is 31.4 Å². The fourth-order valence-corrected chi connectivity index (χ4v) is 3.46. The molecule has 4 aromatic rings. The standard InChI is InChI=1S/C22H18N2O4/c1-12(25)24-14-8-9-17-16(10-14)19-20(22(23)26)15(13-6-4-3-5-7-13)11-18(27-2)21(19)28-17/h3-11H,1-2H3,(H2,23,26)(H,24,25). The van der Waals surface area contributed by atoms with Gasteiger partial charge in [-0.3, -0.25) is 9.59 Å². The minimum atomic E-state index is -0.570. The third-order valence-corrected chi connectivity index (χ3v) is 4.58. The van der Waals surface area contributed by atoms with Crippen LogP contribution in [0.4, 0.5) is 5.69 Å². The van der Waals surface area contributed by atoms with E-state index in [0.717, 1.165) is 5.56 Å². The second-order valence-corrected chi connectivity index (χ2v) is 6.43. The zero-order chi connectivity index (χ0) is 19.8. The number of methoxy groups -OCH3 is 1. The van der Waals surface area contributed by atoms with Crippen LogP contribution in [0.2, 0.25) is 0 Å². The number of ether oxygens (including phenoxy) is 1. The van der Waals surface area contributed by atoms with Gasteiger partial charge in [-0.2, -0.15) is 0 Å². The second kappa shape index (κ2) is 6.74. The van der Waals surface area contributed by atoms with Crippen LogP contribution in [0.5, 0.6) is 5.75 Å². The molecule has 1 heterocycles. The van der Waals surface area contributed by atoms with Gasteiger partial charge in [0.15, 0.2) is 11.3 Å². The van der Waals surface area contributed by atoms with Crippen molar-refractivity contribution < 1.29 is 18.7 Å². The van der Waals surface area contributed by atoms with Crippen LogP contribution in [0.15, 0.2) is 59.0 Å². The maximum absolute atomic E-state index is 12.5. The quantitative estimate of drug-likeness (QED) is 0.556. The van der Waals surface area contributed by atoms with Crippen LogP contribution in [0.25, 0.3) is 33.1 Å². The summed E-state index contributed by atoms with van der Waals surface area (Å²) >= 11 is 0. The molecule has 0 aliphatic rings. The average Bonchev–Trinajstić information content (AvgIpc) is 3.05. The minimum Gasteiger partial charge on any atom is -0.493 e. The summed E-state index contributed by atoms with van der Waals surface area (Å²) in [4.78, 5) is 23.9. The Hall–Kier alpha value is -3.80. The van der Waals surface area contributed by atoms with E-state index in [4.69, 9.17) is 14.9 Å².